The zero-order valence-corrected chi connectivity index (χ0v) is 16.5. The van der Waals surface area contributed by atoms with Gasteiger partial charge in [0.25, 0.3) is 17.7 Å². The first kappa shape index (κ1) is 20.5. The molecular weight excluding hydrogens is 396 g/mol. The zero-order valence-electron chi connectivity index (χ0n) is 15.7. The summed E-state index contributed by atoms with van der Waals surface area (Å²) in [7, 11) is 0. The minimum absolute atomic E-state index is 0.0219. The van der Waals surface area contributed by atoms with Crippen LogP contribution < -0.4 is 5.32 Å². The van der Waals surface area contributed by atoms with Crippen LogP contribution >= 0.6 is 11.6 Å². The van der Waals surface area contributed by atoms with Crippen LogP contribution in [0.3, 0.4) is 0 Å². The average Bonchev–Trinajstić information content (AvgIpc) is 2.94. The van der Waals surface area contributed by atoms with Gasteiger partial charge in [-0.2, -0.15) is 0 Å². The maximum Gasteiger partial charge on any atom is 0.306 e. The summed E-state index contributed by atoms with van der Waals surface area (Å²) in [5, 5.41) is 2.96. The van der Waals surface area contributed by atoms with Crippen LogP contribution in [0.15, 0.2) is 42.5 Å². The Morgan fingerprint density at radius 1 is 1.07 bits per heavy atom. The minimum atomic E-state index is -0.591. The number of benzene rings is 2. The Bertz CT molecular complexity index is 954. The zero-order chi connectivity index (χ0) is 21.0. The largest absolute Gasteiger partial charge is 0.456 e. The first-order valence-corrected chi connectivity index (χ1v) is 9.41. The van der Waals surface area contributed by atoms with E-state index in [-0.39, 0.29) is 31.2 Å². The molecule has 29 heavy (non-hydrogen) atoms. The number of anilines is 1. The molecule has 0 saturated carbocycles. The van der Waals surface area contributed by atoms with Crippen LogP contribution in [0.4, 0.5) is 5.69 Å². The van der Waals surface area contributed by atoms with Crippen LogP contribution in [-0.4, -0.2) is 41.7 Å². The molecule has 0 saturated heterocycles. The first-order valence-electron chi connectivity index (χ1n) is 9.03. The summed E-state index contributed by atoms with van der Waals surface area (Å²) in [6.07, 6.45) is 0.224. The number of amides is 3. The van der Waals surface area contributed by atoms with Gasteiger partial charge in [-0.3, -0.25) is 24.1 Å². The van der Waals surface area contributed by atoms with E-state index in [2.05, 4.69) is 5.32 Å². The van der Waals surface area contributed by atoms with Gasteiger partial charge in [0.2, 0.25) is 0 Å². The lowest BCUT2D eigenvalue weighted by atomic mass is 10.1. The summed E-state index contributed by atoms with van der Waals surface area (Å²) in [5.74, 6) is -1.84. The number of carbonyl (C=O) groups is 4. The summed E-state index contributed by atoms with van der Waals surface area (Å²) < 4.78 is 4.94. The summed E-state index contributed by atoms with van der Waals surface area (Å²) in [6, 6.07) is 11.8. The third-order valence-corrected chi connectivity index (χ3v) is 4.72. The number of aryl methyl sites for hydroxylation is 1. The van der Waals surface area contributed by atoms with Gasteiger partial charge in [0.15, 0.2) is 6.61 Å². The van der Waals surface area contributed by atoms with Crippen molar-refractivity contribution >= 4 is 41.0 Å². The minimum Gasteiger partial charge on any atom is -0.456 e. The van der Waals surface area contributed by atoms with Gasteiger partial charge in [0.1, 0.15) is 0 Å². The maximum absolute atomic E-state index is 12.2. The van der Waals surface area contributed by atoms with E-state index in [9.17, 15) is 19.2 Å². The van der Waals surface area contributed by atoms with E-state index < -0.39 is 18.5 Å². The highest BCUT2D eigenvalue weighted by Gasteiger charge is 2.34. The number of rotatable bonds is 7. The van der Waals surface area contributed by atoms with E-state index in [1.807, 2.05) is 6.92 Å². The van der Waals surface area contributed by atoms with Gasteiger partial charge >= 0.3 is 5.97 Å². The van der Waals surface area contributed by atoms with Crippen LogP contribution in [-0.2, 0) is 14.3 Å². The molecule has 7 nitrogen and oxygen atoms in total. The Balaban J connectivity index is 1.41. The van der Waals surface area contributed by atoms with E-state index in [0.29, 0.717) is 21.8 Å². The fourth-order valence-corrected chi connectivity index (χ4v) is 3.23. The highest BCUT2D eigenvalue weighted by Crippen LogP contribution is 2.23. The molecular formula is C21H19ClN2O5. The highest BCUT2D eigenvalue weighted by molar-refractivity contribution is 6.33. The molecule has 150 valence electrons. The molecule has 2 aromatic rings. The second kappa shape index (κ2) is 8.87. The number of hydrogen-bond donors (Lipinski definition) is 1. The Morgan fingerprint density at radius 2 is 1.72 bits per heavy atom. The Hall–Kier alpha value is -3.19. The molecule has 3 amide bonds. The normalized spacial score (nSPS) is 12.7. The van der Waals surface area contributed by atoms with Gasteiger partial charge in [-0.1, -0.05) is 29.8 Å². The Kier molecular flexibility index (Phi) is 6.29. The van der Waals surface area contributed by atoms with Gasteiger partial charge in [0.05, 0.1) is 21.8 Å². The summed E-state index contributed by atoms with van der Waals surface area (Å²) >= 11 is 6.04. The Morgan fingerprint density at radius 3 is 2.34 bits per heavy atom. The number of nitrogens with one attached hydrogen (secondary N) is 1. The average molecular weight is 415 g/mol. The molecule has 1 aliphatic rings. The molecule has 3 rings (SSSR count). The van der Waals surface area contributed by atoms with Gasteiger partial charge in [0, 0.05) is 13.0 Å². The van der Waals surface area contributed by atoms with Crippen LogP contribution in [0.25, 0.3) is 0 Å². The molecule has 0 spiro atoms. The van der Waals surface area contributed by atoms with E-state index in [4.69, 9.17) is 16.3 Å². The van der Waals surface area contributed by atoms with Gasteiger partial charge in [-0.05, 0) is 43.2 Å². The fourth-order valence-electron chi connectivity index (χ4n) is 2.95. The number of esters is 1. The topological polar surface area (TPSA) is 92.8 Å². The standard InChI is InChI=1S/C21H19ClN2O5/c1-13-8-9-17(16(22)11-13)23-18(25)12-29-19(26)7-4-10-24-20(27)14-5-2-3-6-15(14)21(24)28/h2-3,5-6,8-9,11H,4,7,10,12H2,1H3,(H,23,25). The van der Waals surface area contributed by atoms with Crippen molar-refractivity contribution in [3.8, 4) is 0 Å². The molecule has 0 aliphatic carbocycles. The Labute approximate surface area is 172 Å². The predicted molar refractivity (Wildman–Crippen MR) is 107 cm³/mol. The maximum atomic E-state index is 12.2. The second-order valence-corrected chi connectivity index (χ2v) is 7.01. The van der Waals surface area contributed by atoms with E-state index >= 15 is 0 Å². The molecule has 8 heteroatoms. The number of imide groups is 1. The van der Waals surface area contributed by atoms with Crippen molar-refractivity contribution in [1.82, 2.24) is 4.90 Å². The quantitative estimate of drug-likeness (QED) is 0.554. The summed E-state index contributed by atoms with van der Waals surface area (Å²) in [4.78, 5) is 49.4. The second-order valence-electron chi connectivity index (χ2n) is 6.60. The number of nitrogens with zero attached hydrogens (tertiary/aromatic N) is 1. The molecule has 0 fully saturated rings. The van der Waals surface area contributed by atoms with Crippen LogP contribution in [0.1, 0.15) is 39.1 Å². The molecule has 2 aromatic carbocycles. The number of halogens is 1. The molecule has 1 N–H and O–H groups in total. The number of carbonyl (C=O) groups excluding carboxylic acids is 4. The summed E-state index contributed by atoms with van der Waals surface area (Å²) in [5.41, 5.74) is 2.12. The van der Waals surface area contributed by atoms with E-state index in [1.54, 1.807) is 42.5 Å². The molecule has 0 atom stereocenters. The van der Waals surface area contributed by atoms with Crippen molar-refractivity contribution < 1.29 is 23.9 Å². The lowest BCUT2D eigenvalue weighted by molar-refractivity contribution is -0.147. The van der Waals surface area contributed by atoms with Crippen molar-refractivity contribution in [3.05, 3.63) is 64.2 Å². The van der Waals surface area contributed by atoms with Crippen LogP contribution in [0.2, 0.25) is 5.02 Å². The smallest absolute Gasteiger partial charge is 0.306 e. The predicted octanol–water partition coefficient (Wildman–Crippen LogP) is 3.21. The van der Waals surface area contributed by atoms with Crippen molar-refractivity contribution in [3.63, 3.8) is 0 Å². The van der Waals surface area contributed by atoms with E-state index in [0.717, 1.165) is 10.5 Å². The fraction of sp³-hybridized carbons (Fsp3) is 0.238. The van der Waals surface area contributed by atoms with Gasteiger partial charge in [-0.15, -0.1) is 0 Å². The number of hydrogen-bond acceptors (Lipinski definition) is 5. The van der Waals surface area contributed by atoms with Crippen molar-refractivity contribution in [2.24, 2.45) is 0 Å². The number of ether oxygens (including phenoxy) is 1. The lowest BCUT2D eigenvalue weighted by Crippen LogP contribution is -2.31. The summed E-state index contributed by atoms with van der Waals surface area (Å²) in [6.45, 7) is 1.53. The lowest BCUT2D eigenvalue weighted by Gasteiger charge is -2.13. The first-order chi connectivity index (χ1) is 13.9. The van der Waals surface area contributed by atoms with E-state index in [1.165, 1.54) is 0 Å². The number of fused-ring (bicyclic) bond motifs is 1. The molecule has 0 radical (unpaired) electrons. The van der Waals surface area contributed by atoms with Crippen LogP contribution in [0, 0.1) is 6.92 Å². The molecule has 0 aromatic heterocycles. The monoisotopic (exact) mass is 414 g/mol. The van der Waals surface area contributed by atoms with Gasteiger partial charge < -0.3 is 10.1 Å². The highest BCUT2D eigenvalue weighted by atomic mass is 35.5. The molecule has 1 aliphatic heterocycles. The third kappa shape index (κ3) is 4.81. The molecule has 0 bridgehead atoms. The van der Waals surface area contributed by atoms with Crippen LogP contribution in [0.5, 0.6) is 0 Å². The third-order valence-electron chi connectivity index (χ3n) is 4.40. The SMILES string of the molecule is Cc1ccc(NC(=O)COC(=O)CCCN2C(=O)c3ccccc3C2=O)c(Cl)c1. The molecule has 1 heterocycles. The van der Waals surface area contributed by atoms with Crippen molar-refractivity contribution in [2.45, 2.75) is 19.8 Å². The van der Waals surface area contributed by atoms with Crippen molar-refractivity contribution in [2.75, 3.05) is 18.5 Å². The molecule has 0 unspecified atom stereocenters. The van der Waals surface area contributed by atoms with Crippen molar-refractivity contribution in [1.29, 1.82) is 0 Å². The van der Waals surface area contributed by atoms with Gasteiger partial charge in [-0.25, -0.2) is 0 Å².